The summed E-state index contributed by atoms with van der Waals surface area (Å²) < 4.78 is 3.19. The normalized spacial score (nSPS) is 10.7. The highest BCUT2D eigenvalue weighted by molar-refractivity contribution is 5.90. The topological polar surface area (TPSA) is 103 Å². The molecule has 9 heteroatoms. The van der Waals surface area contributed by atoms with Crippen LogP contribution in [0.2, 0.25) is 0 Å². The summed E-state index contributed by atoms with van der Waals surface area (Å²) in [4.78, 5) is 21.1. The Morgan fingerprint density at radius 1 is 1.14 bits per heavy atom. The lowest BCUT2D eigenvalue weighted by Gasteiger charge is -2.05. The molecule has 3 heterocycles. The van der Waals surface area contributed by atoms with Gasteiger partial charge in [0.1, 0.15) is 18.2 Å². The van der Waals surface area contributed by atoms with E-state index in [1.165, 1.54) is 0 Å². The van der Waals surface area contributed by atoms with Crippen LogP contribution in [0.5, 0.6) is 0 Å². The number of amides is 1. The second-order valence-electron chi connectivity index (χ2n) is 6.39. The van der Waals surface area contributed by atoms with E-state index in [1.54, 1.807) is 48.1 Å². The van der Waals surface area contributed by atoms with Crippen molar-refractivity contribution in [2.75, 3.05) is 17.7 Å². The molecule has 0 unspecified atom stereocenters. The summed E-state index contributed by atoms with van der Waals surface area (Å²) in [5.41, 5.74) is 2.53. The molecule has 0 saturated heterocycles. The van der Waals surface area contributed by atoms with Crippen LogP contribution < -0.4 is 10.6 Å². The molecule has 0 aliphatic heterocycles. The zero-order valence-corrected chi connectivity index (χ0v) is 16.1. The lowest BCUT2D eigenvalue weighted by molar-refractivity contribution is -0.116. The molecular formula is C20H20N8O. The molecule has 0 bridgehead atoms. The lowest BCUT2D eigenvalue weighted by atomic mass is 10.2. The van der Waals surface area contributed by atoms with Gasteiger partial charge in [-0.15, -0.1) is 0 Å². The molecule has 0 saturated carbocycles. The Bertz CT molecular complexity index is 1130. The van der Waals surface area contributed by atoms with E-state index in [0.717, 1.165) is 16.8 Å². The number of nitrogens with one attached hydrogen (secondary N) is 2. The number of hydrogen-bond donors (Lipinski definition) is 2. The highest BCUT2D eigenvalue weighted by Crippen LogP contribution is 2.21. The number of nitrogens with zero attached hydrogens (tertiary/aromatic N) is 6. The molecule has 2 N–H and O–H groups in total. The van der Waals surface area contributed by atoms with Gasteiger partial charge in [-0.25, -0.2) is 9.97 Å². The molecule has 146 valence electrons. The quantitative estimate of drug-likeness (QED) is 0.526. The van der Waals surface area contributed by atoms with Crippen molar-refractivity contribution in [3.05, 3.63) is 61.1 Å². The van der Waals surface area contributed by atoms with Crippen LogP contribution >= 0.6 is 0 Å². The molecule has 0 spiro atoms. The maximum atomic E-state index is 12.5. The Hall–Kier alpha value is -4.01. The van der Waals surface area contributed by atoms with E-state index in [4.69, 9.17) is 0 Å². The Labute approximate surface area is 167 Å². The van der Waals surface area contributed by atoms with Crippen LogP contribution in [0.4, 0.5) is 11.6 Å². The molecule has 3 aromatic heterocycles. The molecule has 0 atom stereocenters. The number of aromatic nitrogens is 6. The Balaban J connectivity index is 1.44. The summed E-state index contributed by atoms with van der Waals surface area (Å²) in [6.07, 6.45) is 5.05. The summed E-state index contributed by atoms with van der Waals surface area (Å²) in [6.45, 7) is 0.0670. The summed E-state index contributed by atoms with van der Waals surface area (Å²) in [5, 5.41) is 14.5. The number of benzene rings is 1. The van der Waals surface area contributed by atoms with Gasteiger partial charge in [-0.3, -0.25) is 14.2 Å². The van der Waals surface area contributed by atoms with Gasteiger partial charge in [-0.05, 0) is 6.07 Å². The predicted octanol–water partition coefficient (Wildman–Crippen LogP) is 2.42. The monoisotopic (exact) mass is 388 g/mol. The van der Waals surface area contributed by atoms with Crippen LogP contribution in [0.3, 0.4) is 0 Å². The van der Waals surface area contributed by atoms with Gasteiger partial charge in [0.15, 0.2) is 5.82 Å². The van der Waals surface area contributed by atoms with E-state index < -0.39 is 0 Å². The van der Waals surface area contributed by atoms with Crippen LogP contribution in [-0.4, -0.2) is 42.5 Å². The summed E-state index contributed by atoms with van der Waals surface area (Å²) in [6, 6.07) is 13.4. The minimum Gasteiger partial charge on any atom is -0.373 e. The second kappa shape index (κ2) is 7.93. The third-order valence-electron chi connectivity index (χ3n) is 4.33. The first-order valence-corrected chi connectivity index (χ1v) is 9.05. The highest BCUT2D eigenvalue weighted by Gasteiger charge is 2.12. The van der Waals surface area contributed by atoms with Gasteiger partial charge in [0.2, 0.25) is 5.91 Å². The maximum absolute atomic E-state index is 12.5. The molecule has 0 aliphatic rings. The highest BCUT2D eigenvalue weighted by atomic mass is 16.2. The largest absolute Gasteiger partial charge is 0.373 e. The fraction of sp³-hybridized carbons (Fsp3) is 0.150. The molecule has 0 aliphatic carbocycles. The fourth-order valence-electron chi connectivity index (χ4n) is 2.87. The number of aryl methyl sites for hydroxylation is 1. The smallest absolute Gasteiger partial charge is 0.247 e. The van der Waals surface area contributed by atoms with Crippen molar-refractivity contribution in [3.63, 3.8) is 0 Å². The molecule has 29 heavy (non-hydrogen) atoms. The van der Waals surface area contributed by atoms with E-state index in [0.29, 0.717) is 17.5 Å². The third-order valence-corrected chi connectivity index (χ3v) is 4.33. The molecule has 0 fully saturated rings. The van der Waals surface area contributed by atoms with Gasteiger partial charge in [-0.2, -0.15) is 10.2 Å². The Morgan fingerprint density at radius 3 is 2.76 bits per heavy atom. The molecule has 1 aromatic carbocycles. The first kappa shape index (κ1) is 18.4. The van der Waals surface area contributed by atoms with Gasteiger partial charge in [0.05, 0.1) is 17.5 Å². The minimum atomic E-state index is -0.202. The van der Waals surface area contributed by atoms with Crippen LogP contribution in [-0.2, 0) is 18.4 Å². The van der Waals surface area contributed by atoms with E-state index in [9.17, 15) is 4.79 Å². The molecule has 0 radical (unpaired) electrons. The van der Waals surface area contributed by atoms with Gasteiger partial charge < -0.3 is 10.6 Å². The van der Waals surface area contributed by atoms with Crippen LogP contribution in [0, 0.1) is 0 Å². The lowest BCUT2D eigenvalue weighted by Crippen LogP contribution is -2.20. The van der Waals surface area contributed by atoms with Crippen LogP contribution in [0.1, 0.15) is 0 Å². The zero-order chi connectivity index (χ0) is 20.2. The average molecular weight is 388 g/mol. The molecule has 4 rings (SSSR count). The van der Waals surface area contributed by atoms with Crippen molar-refractivity contribution in [1.29, 1.82) is 0 Å². The summed E-state index contributed by atoms with van der Waals surface area (Å²) in [7, 11) is 3.59. The number of rotatable bonds is 6. The van der Waals surface area contributed by atoms with Crippen molar-refractivity contribution in [2.45, 2.75) is 6.54 Å². The standard InChI is InChI=1S/C20H20N8O/c1-21-17-8-9-22-20(24-17)15-11-23-28(12-15)13-19(29)25-18-10-16(26-27(18)2)14-6-4-3-5-7-14/h3-12H,13H2,1-2H3,(H,25,29)(H,21,22,24). The molecule has 9 nitrogen and oxygen atoms in total. The zero-order valence-electron chi connectivity index (χ0n) is 16.1. The number of carbonyl (C=O) groups is 1. The van der Waals surface area contributed by atoms with Crippen molar-refractivity contribution in [1.82, 2.24) is 29.5 Å². The van der Waals surface area contributed by atoms with Crippen molar-refractivity contribution < 1.29 is 4.79 Å². The molecule has 1 amide bonds. The van der Waals surface area contributed by atoms with Crippen molar-refractivity contribution >= 4 is 17.5 Å². The van der Waals surface area contributed by atoms with Gasteiger partial charge >= 0.3 is 0 Å². The number of hydrogen-bond acceptors (Lipinski definition) is 6. The molecule has 4 aromatic rings. The first-order valence-electron chi connectivity index (χ1n) is 9.05. The van der Waals surface area contributed by atoms with Crippen molar-refractivity contribution in [3.8, 4) is 22.6 Å². The maximum Gasteiger partial charge on any atom is 0.247 e. The SMILES string of the molecule is CNc1ccnc(-c2cnn(CC(=O)Nc3cc(-c4ccccc4)nn3C)c2)n1. The van der Waals surface area contributed by atoms with Crippen LogP contribution in [0.15, 0.2) is 61.1 Å². The number of carbonyl (C=O) groups excluding carboxylic acids is 1. The first-order chi connectivity index (χ1) is 14.1. The van der Waals surface area contributed by atoms with Gasteiger partial charge in [0.25, 0.3) is 0 Å². The molecular weight excluding hydrogens is 368 g/mol. The fourth-order valence-corrected chi connectivity index (χ4v) is 2.87. The van der Waals surface area contributed by atoms with E-state index >= 15 is 0 Å². The summed E-state index contributed by atoms with van der Waals surface area (Å²) >= 11 is 0. The average Bonchev–Trinajstić information content (AvgIpc) is 3.35. The number of anilines is 2. The van der Waals surface area contributed by atoms with Gasteiger partial charge in [-0.1, -0.05) is 30.3 Å². The summed E-state index contributed by atoms with van der Waals surface area (Å²) in [5.74, 6) is 1.67. The van der Waals surface area contributed by atoms with Crippen LogP contribution in [0.25, 0.3) is 22.6 Å². The Kier molecular flexibility index (Phi) is 5.02. The van der Waals surface area contributed by atoms with Gasteiger partial charge in [0, 0.05) is 38.1 Å². The third kappa shape index (κ3) is 4.13. The minimum absolute atomic E-state index is 0.0670. The predicted molar refractivity (Wildman–Crippen MR) is 110 cm³/mol. The van der Waals surface area contributed by atoms with E-state index in [-0.39, 0.29) is 12.5 Å². The van der Waals surface area contributed by atoms with Crippen molar-refractivity contribution in [2.24, 2.45) is 7.05 Å². The Morgan fingerprint density at radius 2 is 1.97 bits per heavy atom. The van der Waals surface area contributed by atoms with E-state index in [1.807, 2.05) is 36.4 Å². The second-order valence-corrected chi connectivity index (χ2v) is 6.39. The van der Waals surface area contributed by atoms with E-state index in [2.05, 4.69) is 30.8 Å².